The normalized spacial score (nSPS) is 43.4. The van der Waals surface area contributed by atoms with E-state index in [0.29, 0.717) is 9.13 Å². The Labute approximate surface area is 643 Å². The van der Waals surface area contributed by atoms with Gasteiger partial charge in [0.1, 0.15) is 110 Å². The van der Waals surface area contributed by atoms with Crippen LogP contribution in [0.25, 0.3) is 0 Å². The molecule has 109 heavy (non-hydrogen) atoms. The molecular weight excluding hydrogens is 1580 g/mol. The summed E-state index contributed by atoms with van der Waals surface area (Å²) in [5.74, 6) is -0.645. The summed E-state index contributed by atoms with van der Waals surface area (Å²) < 4.78 is 245. The Kier molecular flexibility index (Phi) is 35.2. The minimum atomic E-state index is -3.18. The van der Waals surface area contributed by atoms with E-state index >= 15 is 0 Å². The van der Waals surface area contributed by atoms with E-state index in [1.165, 1.54) is 142 Å². The molecule has 1 N–H and O–H groups in total. The Balaban J connectivity index is 1.08. The Bertz CT molecular complexity index is 2820. The fourth-order valence-electron chi connectivity index (χ4n) is 16.1. The molecule has 35 atom stereocenters. The molecule has 0 amide bonds. The van der Waals surface area contributed by atoms with E-state index in [0.717, 1.165) is 0 Å². The molecule has 23 rings (SSSR count). The third kappa shape index (κ3) is 19.4. The number of halogens is 1. The standard InChI is InChI=1S/C70H115IO38/c1-74-25-35-42-49(81-8)57(88-15)65(96-35)104-44-37(27-76-3)98-67(59(90-17)51(44)83-10)106-46-39(29-78-5)100-69(61(92-19)53(46)85-12)108-48-41(31-80-7)101-70(62(93-20)55(48)94-24-32-21-22-34-33(23-32)63(72)109-71(34)73)107-47-40(30-79-6)99-68(60(91-18)54(47)86-13)105-45-38(28-77-4)97-66(58(89-16)52(45)84-11)103-43-36(26-75-2)95-64(102-42)56(87-14)50(43)82-9/h21-23,35-62,64-70,73H,24-31H2,1-20H3/t35-,36-,37-,38-,39-,40-,41-,42-,43-,44-,45-,46-,47-,48-,49+,50+,51+,52+,53+,54+,55+,56-,57-,58-,59-,60-,61-,62-,64-,65-,66-,67-,68-,69-,70-/m1/s1. The minimum Gasteiger partial charge on any atom is -0.382 e. The van der Waals surface area contributed by atoms with Crippen LogP contribution in [0.15, 0.2) is 18.2 Å². The van der Waals surface area contributed by atoms with Crippen LogP contribution in [0.2, 0.25) is 0 Å². The average molecular weight is 1690 g/mol. The van der Waals surface area contributed by atoms with Crippen molar-refractivity contribution in [1.82, 2.24) is 0 Å². The number of hydrogen-bond acceptors (Lipinski definition) is 38. The van der Waals surface area contributed by atoms with E-state index in [1.54, 1.807) is 18.2 Å². The van der Waals surface area contributed by atoms with Crippen LogP contribution in [0.5, 0.6) is 0 Å². The fraction of sp³-hybridized carbons (Fsp3) is 0.900. The molecule has 0 spiro atoms. The molecule has 22 aliphatic rings. The Morgan fingerprint density at radius 1 is 0.284 bits per heavy atom. The molecule has 1 aromatic rings. The van der Waals surface area contributed by atoms with E-state index in [2.05, 4.69) is 0 Å². The van der Waals surface area contributed by atoms with Crippen LogP contribution in [0, 0.1) is 3.57 Å². The van der Waals surface area contributed by atoms with E-state index in [9.17, 15) is 8.23 Å². The van der Waals surface area contributed by atoms with Gasteiger partial charge in [-0.15, -0.1) is 0 Å². The number of hydrogen-bond donors (Lipinski definition) is 1. The Hall–Kier alpha value is -2.02. The number of benzene rings is 1. The molecule has 38 nitrogen and oxygen atoms in total. The van der Waals surface area contributed by atoms with Crippen molar-refractivity contribution in [3.63, 3.8) is 0 Å². The van der Waals surface area contributed by atoms with Crippen LogP contribution in [0.1, 0.15) is 15.9 Å². The first-order valence-electron chi connectivity index (χ1n) is 35.8. The van der Waals surface area contributed by atoms with Crippen molar-refractivity contribution in [3.05, 3.63) is 32.9 Å². The molecule has 630 valence electrons. The van der Waals surface area contributed by atoms with Gasteiger partial charge in [-0.2, -0.15) is 0 Å². The van der Waals surface area contributed by atoms with E-state index in [4.69, 9.17) is 169 Å². The van der Waals surface area contributed by atoms with Gasteiger partial charge in [0.15, 0.2) is 31.5 Å². The maximum absolute atomic E-state index is 13.1. The molecule has 0 aromatic heterocycles. The maximum atomic E-state index is 13.1. The van der Waals surface area contributed by atoms with Crippen LogP contribution in [-0.4, -0.2) is 413 Å². The van der Waals surface area contributed by atoms with E-state index < -0.39 is 242 Å². The SMILES string of the molecule is COC[C@H]1O[C@@H]2O[C@H]3[C@H](OC)[C@@H](OC)[C@@H](O[C@H]4[C@H](OC)[C@@H](OC)[C@@H](O[C@H]5[C@H](OC)[C@@H](OC)[C@@H](O[C@H]6[C@H](OCc7ccc8c(c7)C(=O)OI8O)[C@@H](OC)[C@@H](O[C@H]7[C@H](OC)[C@@H](OC)[C@@H](O[C@H]8[C@H](OC)[C@@H](OC)[C@@H](O[C@H]1[C@H](OC)[C@H]2OC)O[C@@H]8COC)O[C@@H]7COC)O[C@@H]6COC)O[C@@H]5COC)O[C@@H]4COC)O[C@@H]3COC. The first-order valence-corrected chi connectivity index (χ1v) is 38.8. The summed E-state index contributed by atoms with van der Waals surface area (Å²) in [6.07, 6.45) is -38.5. The van der Waals surface area contributed by atoms with Crippen molar-refractivity contribution < 1.29 is 177 Å². The molecule has 21 fully saturated rings. The summed E-state index contributed by atoms with van der Waals surface area (Å²) in [6.45, 7) is -0.779. The van der Waals surface area contributed by atoms with Gasteiger partial charge in [0.25, 0.3) is 0 Å². The van der Waals surface area contributed by atoms with Gasteiger partial charge in [-0.1, -0.05) is 0 Å². The van der Waals surface area contributed by atoms with Gasteiger partial charge < -0.3 is 128 Å². The van der Waals surface area contributed by atoms with Gasteiger partial charge in [-0.25, -0.2) is 0 Å². The number of carbonyl (C=O) groups is 1. The molecule has 1 aromatic carbocycles. The molecule has 0 aliphatic carbocycles. The summed E-state index contributed by atoms with van der Waals surface area (Å²) in [4.78, 5) is 13.1. The second-order valence-electron chi connectivity index (χ2n) is 27.0. The first kappa shape index (κ1) is 89.3. The van der Waals surface area contributed by atoms with Crippen molar-refractivity contribution in [2.24, 2.45) is 0 Å². The van der Waals surface area contributed by atoms with Crippen LogP contribution >= 0.6 is 20.6 Å². The number of ether oxygens (including phenoxy) is 35. The second kappa shape index (κ2) is 42.9. The monoisotopic (exact) mass is 1690 g/mol. The Morgan fingerprint density at radius 3 is 0.688 bits per heavy atom. The fourth-order valence-corrected chi connectivity index (χ4v) is 18.3. The van der Waals surface area contributed by atoms with Gasteiger partial charge in [-0.3, -0.25) is 0 Å². The Morgan fingerprint density at radius 2 is 0.486 bits per heavy atom. The summed E-state index contributed by atoms with van der Waals surface area (Å²) in [5.41, 5.74) is 0.754. The number of rotatable bonds is 30. The van der Waals surface area contributed by atoms with Crippen molar-refractivity contribution in [2.75, 3.05) is 188 Å². The van der Waals surface area contributed by atoms with E-state index in [1.807, 2.05) is 0 Å². The minimum absolute atomic E-state index is 0.0603. The predicted molar refractivity (Wildman–Crippen MR) is 374 cm³/mol. The molecule has 22 heterocycles. The van der Waals surface area contributed by atoms with Crippen LogP contribution < -0.4 is 0 Å². The van der Waals surface area contributed by atoms with Gasteiger partial charge in [0.05, 0.1) is 39.6 Å². The molecule has 0 saturated carbocycles. The third-order valence-electron chi connectivity index (χ3n) is 21.0. The third-order valence-corrected chi connectivity index (χ3v) is 23.8. The first-order chi connectivity index (χ1) is 53.0. The molecule has 14 bridgehead atoms. The molecule has 39 heteroatoms. The van der Waals surface area contributed by atoms with Gasteiger partial charge in [0, 0.05) is 128 Å². The van der Waals surface area contributed by atoms with Crippen molar-refractivity contribution in [3.8, 4) is 0 Å². The summed E-state index contributed by atoms with van der Waals surface area (Å²) in [5, 5.41) is 0. The van der Waals surface area contributed by atoms with Crippen molar-refractivity contribution >= 4 is 26.6 Å². The van der Waals surface area contributed by atoms with Gasteiger partial charge in [-0.05, 0) is 0 Å². The quantitative estimate of drug-likeness (QED) is 0.0970. The van der Waals surface area contributed by atoms with Crippen molar-refractivity contribution in [1.29, 1.82) is 0 Å². The zero-order valence-electron chi connectivity index (χ0n) is 65.5. The number of fused-ring (bicyclic) bond motifs is 1. The van der Waals surface area contributed by atoms with Gasteiger partial charge in [0.2, 0.25) is 0 Å². The topological polar surface area (TPSA) is 370 Å². The molecule has 22 aliphatic heterocycles. The zero-order chi connectivity index (χ0) is 78.3. The molecule has 0 radical (unpaired) electrons. The number of carbonyl (C=O) groups excluding carboxylic acids is 1. The molecule has 21 saturated heterocycles. The summed E-state index contributed by atoms with van der Waals surface area (Å²) in [6, 6.07) is 5.00. The van der Waals surface area contributed by atoms with Crippen LogP contribution in [-0.2, 0) is 175 Å². The summed E-state index contributed by atoms with van der Waals surface area (Å²) >= 11 is -3.18. The van der Waals surface area contributed by atoms with E-state index in [-0.39, 0.29) is 58.4 Å². The summed E-state index contributed by atoms with van der Waals surface area (Å²) in [7, 11) is 29.8. The van der Waals surface area contributed by atoms with Crippen LogP contribution in [0.4, 0.5) is 0 Å². The average Bonchev–Trinajstić information content (AvgIpc) is 1.41. The molecule has 0 unspecified atom stereocenters. The van der Waals surface area contributed by atoms with Crippen LogP contribution in [0.3, 0.4) is 0 Å². The zero-order valence-corrected chi connectivity index (χ0v) is 67.7. The molecular formula is C70H115IO38. The number of methoxy groups -OCH3 is 20. The second-order valence-corrected chi connectivity index (χ2v) is 29.9. The smallest absolute Gasteiger partial charge is 0.382 e. The predicted octanol–water partition coefficient (Wildman–Crippen LogP) is -0.255. The van der Waals surface area contributed by atoms with Crippen molar-refractivity contribution in [2.45, 2.75) is 222 Å². The van der Waals surface area contributed by atoms with Gasteiger partial charge >= 0.3 is 210 Å².